The van der Waals surface area contributed by atoms with Crippen molar-refractivity contribution < 1.29 is 28.0 Å². The van der Waals surface area contributed by atoms with Gasteiger partial charge in [0.2, 0.25) is 0 Å². The Morgan fingerprint density at radius 3 is 2.52 bits per heavy atom. The molecule has 0 radical (unpaired) electrons. The van der Waals surface area contributed by atoms with Gasteiger partial charge in [-0.25, -0.2) is 0 Å². The summed E-state index contributed by atoms with van der Waals surface area (Å²) in [6.45, 7) is 0.633. The van der Waals surface area contributed by atoms with Crippen LogP contribution in [0.3, 0.4) is 0 Å². The number of carboxylic acid groups (broad SMARTS) is 1. The number of halogens is 3. The van der Waals surface area contributed by atoms with Crippen molar-refractivity contribution in [2.75, 3.05) is 18.4 Å². The molecule has 0 saturated heterocycles. The molecule has 2 N–H and O–H groups in total. The number of nitro benzene ring substituents is 1. The van der Waals surface area contributed by atoms with Crippen LogP contribution < -0.4 is 5.32 Å². The lowest BCUT2D eigenvalue weighted by Crippen LogP contribution is -2.52. The first-order chi connectivity index (χ1) is 12.6. The van der Waals surface area contributed by atoms with E-state index >= 15 is 0 Å². The molecule has 0 atom stereocenters. The maximum atomic E-state index is 13.2. The van der Waals surface area contributed by atoms with Crippen LogP contribution >= 0.6 is 0 Å². The van der Waals surface area contributed by atoms with Gasteiger partial charge in [-0.15, -0.1) is 0 Å². The van der Waals surface area contributed by atoms with Gasteiger partial charge in [0.05, 0.1) is 17.0 Å². The summed E-state index contributed by atoms with van der Waals surface area (Å²) in [6.07, 6.45) is -1.47. The van der Waals surface area contributed by atoms with E-state index in [0.717, 1.165) is 25.0 Å². The highest BCUT2D eigenvalue weighted by Gasteiger charge is 2.39. The molecule has 0 aliphatic heterocycles. The number of nitrogens with one attached hydrogen (secondary N) is 1. The molecule has 0 bridgehead atoms. The van der Waals surface area contributed by atoms with Crippen LogP contribution in [0.25, 0.3) is 0 Å². The van der Waals surface area contributed by atoms with Crippen molar-refractivity contribution >= 4 is 17.3 Å². The quantitative estimate of drug-likeness (QED) is 0.525. The van der Waals surface area contributed by atoms with E-state index < -0.39 is 28.3 Å². The van der Waals surface area contributed by atoms with Gasteiger partial charge in [-0.3, -0.25) is 19.8 Å². The molecular weight excluding hydrogens is 367 g/mol. The highest BCUT2D eigenvalue weighted by Crippen LogP contribution is 2.39. The van der Waals surface area contributed by atoms with Crippen molar-refractivity contribution in [1.82, 2.24) is 4.90 Å². The molecule has 7 nitrogen and oxygen atoms in total. The largest absolute Gasteiger partial charge is 0.480 e. The minimum Gasteiger partial charge on any atom is -0.480 e. The zero-order valence-corrected chi connectivity index (χ0v) is 14.4. The van der Waals surface area contributed by atoms with E-state index in [4.69, 9.17) is 5.11 Å². The number of anilines is 1. The number of nitrogens with zero attached hydrogens (tertiary/aromatic N) is 2. The Balaban J connectivity index is 1.65. The van der Waals surface area contributed by atoms with Crippen molar-refractivity contribution in [3.05, 3.63) is 33.9 Å². The minimum atomic E-state index is -4.71. The van der Waals surface area contributed by atoms with Gasteiger partial charge in [0, 0.05) is 36.4 Å². The summed E-state index contributed by atoms with van der Waals surface area (Å²) in [5.41, 5.74) is -1.87. The second-order valence-electron chi connectivity index (χ2n) is 7.22. The van der Waals surface area contributed by atoms with E-state index in [2.05, 4.69) is 5.32 Å². The van der Waals surface area contributed by atoms with Crippen molar-refractivity contribution in [1.29, 1.82) is 0 Å². The Morgan fingerprint density at radius 2 is 2.00 bits per heavy atom. The third-order valence-electron chi connectivity index (χ3n) is 5.04. The maximum absolute atomic E-state index is 13.2. The normalized spacial score (nSPS) is 22.4. The molecule has 2 aliphatic carbocycles. The molecule has 0 spiro atoms. The Kier molecular flexibility index (Phi) is 5.27. The first-order valence-electron chi connectivity index (χ1n) is 8.71. The van der Waals surface area contributed by atoms with Gasteiger partial charge in [-0.2, -0.15) is 13.2 Å². The molecule has 0 unspecified atom stereocenters. The zero-order valence-electron chi connectivity index (χ0n) is 14.4. The number of alkyl halides is 3. The van der Waals surface area contributed by atoms with Crippen LogP contribution in [0.1, 0.15) is 31.2 Å². The second-order valence-corrected chi connectivity index (χ2v) is 7.22. The molecule has 2 fully saturated rings. The van der Waals surface area contributed by atoms with Crippen LogP contribution in [0.2, 0.25) is 0 Å². The van der Waals surface area contributed by atoms with Gasteiger partial charge in [-0.1, -0.05) is 0 Å². The van der Waals surface area contributed by atoms with Crippen molar-refractivity contribution in [3.8, 4) is 0 Å². The number of carbonyl (C=O) groups is 1. The van der Waals surface area contributed by atoms with Gasteiger partial charge >= 0.3 is 12.1 Å². The summed E-state index contributed by atoms with van der Waals surface area (Å²) >= 11 is 0. The lowest BCUT2D eigenvalue weighted by atomic mass is 9.84. The Morgan fingerprint density at radius 1 is 1.33 bits per heavy atom. The lowest BCUT2D eigenvalue weighted by molar-refractivity contribution is -0.385. The van der Waals surface area contributed by atoms with E-state index in [1.165, 1.54) is 0 Å². The Labute approximate surface area is 153 Å². The molecular formula is C17H20F3N3O4. The highest BCUT2D eigenvalue weighted by atomic mass is 19.4. The number of rotatable bonds is 8. The van der Waals surface area contributed by atoms with E-state index in [1.807, 2.05) is 4.90 Å². The molecule has 2 saturated carbocycles. The molecule has 0 aromatic heterocycles. The second kappa shape index (κ2) is 7.34. The topological polar surface area (TPSA) is 95.7 Å². The third-order valence-corrected chi connectivity index (χ3v) is 5.04. The predicted octanol–water partition coefficient (Wildman–Crippen LogP) is 3.35. The minimum absolute atomic E-state index is 0.0200. The van der Waals surface area contributed by atoms with Gasteiger partial charge in [0.15, 0.2) is 0 Å². The van der Waals surface area contributed by atoms with Gasteiger partial charge in [-0.05, 0) is 37.7 Å². The van der Waals surface area contributed by atoms with Crippen LogP contribution in [0.4, 0.5) is 24.5 Å². The monoisotopic (exact) mass is 387 g/mol. The van der Waals surface area contributed by atoms with Crippen LogP contribution in [0.5, 0.6) is 0 Å². The summed E-state index contributed by atoms with van der Waals surface area (Å²) in [7, 11) is 0. The summed E-state index contributed by atoms with van der Waals surface area (Å²) in [5, 5.41) is 22.6. The SMILES string of the molecule is O=C(O)CN(CC1CC1)C1CC(Nc2ccc([N+](=O)[O-])cc2C(F)(F)F)C1. The summed E-state index contributed by atoms with van der Waals surface area (Å²) < 4.78 is 39.7. The maximum Gasteiger partial charge on any atom is 0.418 e. The Bertz CT molecular complexity index is 731. The number of hydrogen-bond donors (Lipinski definition) is 2. The summed E-state index contributed by atoms with van der Waals surface area (Å²) in [6, 6.07) is 2.44. The zero-order chi connectivity index (χ0) is 19.8. The van der Waals surface area contributed by atoms with Gasteiger partial charge in [0.25, 0.3) is 5.69 Å². The molecule has 148 valence electrons. The average Bonchev–Trinajstić information content (AvgIpc) is 3.32. The van der Waals surface area contributed by atoms with Gasteiger partial charge < -0.3 is 10.4 Å². The lowest BCUT2D eigenvalue weighted by Gasteiger charge is -2.43. The third kappa shape index (κ3) is 4.88. The molecule has 1 aromatic carbocycles. The first kappa shape index (κ1) is 19.4. The molecule has 1 aromatic rings. The smallest absolute Gasteiger partial charge is 0.418 e. The van der Waals surface area contributed by atoms with Crippen molar-refractivity contribution in [2.24, 2.45) is 5.92 Å². The van der Waals surface area contributed by atoms with Crippen LogP contribution in [-0.4, -0.2) is 46.1 Å². The first-order valence-corrected chi connectivity index (χ1v) is 8.71. The van der Waals surface area contributed by atoms with E-state index in [-0.39, 0.29) is 24.3 Å². The predicted molar refractivity (Wildman–Crippen MR) is 90.5 cm³/mol. The fourth-order valence-electron chi connectivity index (χ4n) is 3.38. The fourth-order valence-corrected chi connectivity index (χ4v) is 3.38. The molecule has 27 heavy (non-hydrogen) atoms. The molecule has 0 heterocycles. The van der Waals surface area contributed by atoms with Crippen LogP contribution in [-0.2, 0) is 11.0 Å². The number of hydrogen-bond acceptors (Lipinski definition) is 5. The Hall–Kier alpha value is -2.36. The van der Waals surface area contributed by atoms with E-state index in [1.54, 1.807) is 0 Å². The van der Waals surface area contributed by atoms with E-state index in [0.29, 0.717) is 31.4 Å². The fraction of sp³-hybridized carbons (Fsp3) is 0.588. The average molecular weight is 387 g/mol. The molecule has 2 aliphatic rings. The number of aliphatic carboxylic acids is 1. The molecule has 3 rings (SSSR count). The van der Waals surface area contributed by atoms with Crippen molar-refractivity contribution in [3.63, 3.8) is 0 Å². The highest BCUT2D eigenvalue weighted by molar-refractivity contribution is 5.69. The van der Waals surface area contributed by atoms with E-state index in [9.17, 15) is 28.1 Å². The number of non-ortho nitro benzene ring substituents is 1. The number of carboxylic acids is 1. The summed E-state index contributed by atoms with van der Waals surface area (Å²) in [5.74, 6) is -0.398. The van der Waals surface area contributed by atoms with Gasteiger partial charge in [0.1, 0.15) is 0 Å². The van der Waals surface area contributed by atoms with Crippen LogP contribution in [0, 0.1) is 16.0 Å². The number of nitro groups is 1. The van der Waals surface area contributed by atoms with Crippen LogP contribution in [0.15, 0.2) is 18.2 Å². The molecule has 0 amide bonds. The number of benzene rings is 1. The molecule has 10 heteroatoms. The van der Waals surface area contributed by atoms with Crippen molar-refractivity contribution in [2.45, 2.75) is 43.9 Å². The summed E-state index contributed by atoms with van der Waals surface area (Å²) in [4.78, 5) is 22.8. The standard InChI is InChI=1S/C17H20F3N3O4/c18-17(19,20)14-7-12(23(26)27)3-4-15(14)21-11-5-13(6-11)22(9-16(24)25)8-10-1-2-10/h3-4,7,10-11,13,21H,1-2,5-6,8-9H2,(H,24,25).